The van der Waals surface area contributed by atoms with Crippen molar-refractivity contribution in [1.82, 2.24) is 24.6 Å². The van der Waals surface area contributed by atoms with Gasteiger partial charge in [0, 0.05) is 56.2 Å². The molecule has 0 bridgehead atoms. The minimum absolute atomic E-state index is 0.0318. The lowest BCUT2D eigenvalue weighted by Crippen LogP contribution is -2.39. The van der Waals surface area contributed by atoms with E-state index in [0.717, 1.165) is 11.1 Å². The highest BCUT2D eigenvalue weighted by molar-refractivity contribution is 7.08. The van der Waals surface area contributed by atoms with Crippen molar-refractivity contribution in [2.45, 2.75) is 19.3 Å². The van der Waals surface area contributed by atoms with E-state index in [1.54, 1.807) is 44.5 Å². The highest BCUT2D eigenvalue weighted by Gasteiger charge is 2.31. The summed E-state index contributed by atoms with van der Waals surface area (Å²) in [5.41, 5.74) is 2.54. The van der Waals surface area contributed by atoms with E-state index in [1.807, 2.05) is 30.8 Å². The second-order valence-electron chi connectivity index (χ2n) is 7.28. The number of thiophene rings is 1. The number of aryl methyl sites for hydroxylation is 1. The Hall–Kier alpha value is -3.04. The molecule has 0 unspecified atom stereocenters. The van der Waals surface area contributed by atoms with Crippen molar-refractivity contribution in [3.63, 3.8) is 0 Å². The summed E-state index contributed by atoms with van der Waals surface area (Å²) in [5, 5.41) is 7.84. The molecule has 0 saturated carbocycles. The Kier molecular flexibility index (Phi) is 6.20. The van der Waals surface area contributed by atoms with Gasteiger partial charge in [0.25, 0.3) is 5.91 Å². The Balaban J connectivity index is 1.51. The maximum absolute atomic E-state index is 13.0. The highest BCUT2D eigenvalue weighted by Crippen LogP contribution is 2.17. The van der Waals surface area contributed by atoms with Crippen LogP contribution in [0.5, 0.6) is 0 Å². The Morgan fingerprint density at radius 1 is 1.23 bits per heavy atom. The third kappa shape index (κ3) is 4.92. The molecule has 1 aliphatic rings. The molecule has 0 N–H and O–H groups in total. The largest absolute Gasteiger partial charge is 0.370 e. The molecule has 1 saturated heterocycles. The Labute approximate surface area is 178 Å². The highest BCUT2D eigenvalue weighted by atomic mass is 32.1. The molecule has 0 radical (unpaired) electrons. The standard InChI is InChI=1S/C21H23N5O3S/c1-24-9-17(8-23-24)10-25-11-19(29-14-16-2-5-22-6-3-16)12-26(13-20(25)27)21(28)18-4-7-30-15-18/h2-9,15,19H,10-14H2,1H3/t19-/m0/s1. The third-order valence-electron chi connectivity index (χ3n) is 4.95. The number of pyridine rings is 1. The summed E-state index contributed by atoms with van der Waals surface area (Å²) in [4.78, 5) is 33.3. The minimum atomic E-state index is -0.302. The van der Waals surface area contributed by atoms with Crippen molar-refractivity contribution in [3.8, 4) is 0 Å². The van der Waals surface area contributed by atoms with Crippen LogP contribution in [0, 0.1) is 0 Å². The molecule has 30 heavy (non-hydrogen) atoms. The van der Waals surface area contributed by atoms with Crippen molar-refractivity contribution < 1.29 is 14.3 Å². The Morgan fingerprint density at radius 3 is 2.77 bits per heavy atom. The van der Waals surface area contributed by atoms with E-state index in [-0.39, 0.29) is 24.5 Å². The quantitative estimate of drug-likeness (QED) is 0.603. The van der Waals surface area contributed by atoms with E-state index in [0.29, 0.717) is 31.8 Å². The summed E-state index contributed by atoms with van der Waals surface area (Å²) in [6, 6.07) is 5.57. The summed E-state index contributed by atoms with van der Waals surface area (Å²) < 4.78 is 7.84. The molecular formula is C21H23N5O3S. The molecule has 0 spiro atoms. The molecule has 4 rings (SSSR count). The number of aromatic nitrogens is 3. The lowest BCUT2D eigenvalue weighted by atomic mass is 10.2. The summed E-state index contributed by atoms with van der Waals surface area (Å²) in [7, 11) is 1.84. The minimum Gasteiger partial charge on any atom is -0.370 e. The SMILES string of the molecule is Cn1cc(CN2C[C@H](OCc3ccncc3)CN(C(=O)c3ccsc3)CC2=O)cn1. The van der Waals surface area contributed by atoms with Crippen LogP contribution in [0.15, 0.2) is 53.7 Å². The van der Waals surface area contributed by atoms with Crippen LogP contribution >= 0.6 is 11.3 Å². The number of hydrogen-bond acceptors (Lipinski definition) is 6. The number of amides is 2. The zero-order chi connectivity index (χ0) is 20.9. The van der Waals surface area contributed by atoms with Gasteiger partial charge in [0.15, 0.2) is 0 Å². The van der Waals surface area contributed by atoms with Gasteiger partial charge in [-0.3, -0.25) is 19.3 Å². The smallest absolute Gasteiger partial charge is 0.255 e. The van der Waals surface area contributed by atoms with E-state index in [4.69, 9.17) is 4.74 Å². The first kappa shape index (κ1) is 20.2. The average molecular weight is 426 g/mol. The van der Waals surface area contributed by atoms with Gasteiger partial charge in [-0.05, 0) is 29.1 Å². The van der Waals surface area contributed by atoms with Crippen LogP contribution in [0.3, 0.4) is 0 Å². The molecule has 0 aromatic carbocycles. The Bertz CT molecular complexity index is 989. The molecule has 1 atom stereocenters. The maximum atomic E-state index is 13.0. The van der Waals surface area contributed by atoms with Crippen LogP contribution in [0.2, 0.25) is 0 Å². The van der Waals surface area contributed by atoms with Gasteiger partial charge in [-0.25, -0.2) is 0 Å². The fourth-order valence-electron chi connectivity index (χ4n) is 3.43. The van der Waals surface area contributed by atoms with Gasteiger partial charge in [-0.15, -0.1) is 0 Å². The second kappa shape index (κ2) is 9.19. The van der Waals surface area contributed by atoms with E-state index >= 15 is 0 Å². The van der Waals surface area contributed by atoms with E-state index < -0.39 is 0 Å². The first-order valence-electron chi connectivity index (χ1n) is 9.66. The van der Waals surface area contributed by atoms with Crippen molar-refractivity contribution in [1.29, 1.82) is 0 Å². The predicted octanol–water partition coefficient (Wildman–Crippen LogP) is 1.95. The van der Waals surface area contributed by atoms with Gasteiger partial charge in [-0.1, -0.05) is 0 Å². The number of nitrogens with zero attached hydrogens (tertiary/aromatic N) is 5. The van der Waals surface area contributed by atoms with Gasteiger partial charge in [0.05, 0.1) is 24.5 Å². The van der Waals surface area contributed by atoms with Crippen LogP contribution in [-0.4, -0.2) is 62.1 Å². The second-order valence-corrected chi connectivity index (χ2v) is 8.06. The normalized spacial score (nSPS) is 17.2. The fraction of sp³-hybridized carbons (Fsp3) is 0.333. The van der Waals surface area contributed by atoms with Crippen LogP contribution in [0.1, 0.15) is 21.5 Å². The van der Waals surface area contributed by atoms with Crippen molar-refractivity contribution >= 4 is 23.2 Å². The summed E-state index contributed by atoms with van der Waals surface area (Å²) >= 11 is 1.46. The van der Waals surface area contributed by atoms with E-state index in [9.17, 15) is 9.59 Å². The molecule has 9 heteroatoms. The number of rotatable bonds is 6. The topological polar surface area (TPSA) is 80.6 Å². The van der Waals surface area contributed by atoms with Crippen molar-refractivity contribution in [3.05, 3.63) is 70.4 Å². The van der Waals surface area contributed by atoms with E-state index in [2.05, 4.69) is 10.1 Å². The summed E-state index contributed by atoms with van der Waals surface area (Å²) in [5.74, 6) is -0.247. The Morgan fingerprint density at radius 2 is 2.07 bits per heavy atom. The molecule has 0 aliphatic carbocycles. The van der Waals surface area contributed by atoms with Crippen LogP contribution in [0.25, 0.3) is 0 Å². The van der Waals surface area contributed by atoms with Gasteiger partial charge in [0.1, 0.15) is 6.54 Å². The average Bonchev–Trinajstić information content (AvgIpc) is 3.40. The zero-order valence-corrected chi connectivity index (χ0v) is 17.5. The summed E-state index contributed by atoms with van der Waals surface area (Å²) in [6.07, 6.45) is 6.77. The molecule has 3 aromatic rings. The molecule has 8 nitrogen and oxygen atoms in total. The fourth-order valence-corrected chi connectivity index (χ4v) is 4.06. The monoisotopic (exact) mass is 425 g/mol. The van der Waals surface area contributed by atoms with Gasteiger partial charge in [0.2, 0.25) is 5.91 Å². The lowest BCUT2D eigenvalue weighted by molar-refractivity contribution is -0.132. The molecule has 156 valence electrons. The molecule has 3 aromatic heterocycles. The zero-order valence-electron chi connectivity index (χ0n) is 16.7. The number of carbonyl (C=O) groups is 2. The number of hydrogen-bond donors (Lipinski definition) is 0. The van der Waals surface area contributed by atoms with Crippen LogP contribution in [0.4, 0.5) is 0 Å². The van der Waals surface area contributed by atoms with E-state index in [1.165, 1.54) is 11.3 Å². The molecule has 1 aliphatic heterocycles. The lowest BCUT2D eigenvalue weighted by Gasteiger charge is -2.24. The van der Waals surface area contributed by atoms with Crippen molar-refractivity contribution in [2.75, 3.05) is 19.6 Å². The number of carbonyl (C=O) groups excluding carboxylic acids is 2. The first-order chi connectivity index (χ1) is 14.6. The molecule has 4 heterocycles. The molecular weight excluding hydrogens is 402 g/mol. The van der Waals surface area contributed by atoms with Crippen molar-refractivity contribution in [2.24, 2.45) is 7.05 Å². The molecule has 1 fully saturated rings. The van der Waals surface area contributed by atoms with Crippen LogP contribution < -0.4 is 0 Å². The van der Waals surface area contributed by atoms with Gasteiger partial charge >= 0.3 is 0 Å². The molecule has 2 amide bonds. The number of ether oxygens (including phenoxy) is 1. The summed E-state index contributed by atoms with van der Waals surface area (Å²) in [6.45, 7) is 1.62. The third-order valence-corrected chi connectivity index (χ3v) is 5.63. The van der Waals surface area contributed by atoms with Gasteiger partial charge in [-0.2, -0.15) is 16.4 Å². The maximum Gasteiger partial charge on any atom is 0.255 e. The predicted molar refractivity (Wildman–Crippen MR) is 112 cm³/mol. The van der Waals surface area contributed by atoms with Gasteiger partial charge < -0.3 is 14.5 Å². The first-order valence-corrected chi connectivity index (χ1v) is 10.6. The van der Waals surface area contributed by atoms with Crippen LogP contribution in [-0.2, 0) is 29.7 Å².